The molecule has 5 aromatic rings. The van der Waals surface area contributed by atoms with Gasteiger partial charge in [0, 0.05) is 12.2 Å². The Labute approximate surface area is 251 Å². The van der Waals surface area contributed by atoms with Gasteiger partial charge in [-0.15, -0.1) is 0 Å². The molecule has 0 fully saturated rings. The van der Waals surface area contributed by atoms with Gasteiger partial charge in [0.2, 0.25) is 5.91 Å². The number of hydrogen-bond donors (Lipinski definition) is 1. The number of nitrogens with two attached hydrogens (primary N) is 1. The van der Waals surface area contributed by atoms with Crippen LogP contribution in [-0.2, 0) is 17.9 Å². The number of ether oxygens (including phenoxy) is 3. The van der Waals surface area contributed by atoms with Crippen LogP contribution in [0.25, 0.3) is 0 Å². The van der Waals surface area contributed by atoms with Crippen molar-refractivity contribution in [2.45, 2.75) is 19.2 Å². The van der Waals surface area contributed by atoms with E-state index in [9.17, 15) is 10.1 Å². The van der Waals surface area contributed by atoms with Gasteiger partial charge in [-0.1, -0.05) is 66.7 Å². The van der Waals surface area contributed by atoms with Gasteiger partial charge in [-0.05, 0) is 77.4 Å². The summed E-state index contributed by atoms with van der Waals surface area (Å²) >= 11 is 0. The Morgan fingerprint density at radius 1 is 0.791 bits per heavy atom. The standard InChI is InChI=1S/C36H31N3O4/c1-41-34-22-29(17-20-33(34)42-25-28-11-8-14-32(21-28)43-31-12-6-3-7-13-31)35(36(38)40)39(24-27-9-4-2-5-10-27)30-18-15-26(23-37)16-19-30/h2-22,35H,24-25H2,1H3,(H2,38,40). The summed E-state index contributed by atoms with van der Waals surface area (Å²) < 4.78 is 17.8. The van der Waals surface area contributed by atoms with E-state index in [1.807, 2.05) is 108 Å². The van der Waals surface area contributed by atoms with E-state index in [-0.39, 0.29) is 6.61 Å². The van der Waals surface area contributed by atoms with Crippen LogP contribution >= 0.6 is 0 Å². The van der Waals surface area contributed by atoms with Gasteiger partial charge >= 0.3 is 0 Å². The molecule has 0 radical (unpaired) electrons. The summed E-state index contributed by atoms with van der Waals surface area (Å²) in [7, 11) is 1.56. The van der Waals surface area contributed by atoms with E-state index in [0.717, 1.165) is 22.6 Å². The van der Waals surface area contributed by atoms with E-state index in [2.05, 4.69) is 6.07 Å². The number of nitrogens with zero attached hydrogens (tertiary/aromatic N) is 2. The first-order valence-electron chi connectivity index (χ1n) is 13.8. The van der Waals surface area contributed by atoms with Crippen LogP contribution < -0.4 is 24.8 Å². The summed E-state index contributed by atoms with van der Waals surface area (Å²) in [6.45, 7) is 0.703. The van der Waals surface area contributed by atoms with Crippen molar-refractivity contribution in [3.63, 3.8) is 0 Å². The van der Waals surface area contributed by atoms with E-state index in [1.165, 1.54) is 0 Å². The first kappa shape index (κ1) is 28.8. The Morgan fingerprint density at radius 2 is 1.47 bits per heavy atom. The van der Waals surface area contributed by atoms with Crippen molar-refractivity contribution >= 4 is 11.6 Å². The fourth-order valence-corrected chi connectivity index (χ4v) is 4.79. The first-order chi connectivity index (χ1) is 21.0. The Bertz CT molecular complexity index is 1700. The number of primary amides is 1. The van der Waals surface area contributed by atoms with Crippen molar-refractivity contribution in [3.8, 4) is 29.1 Å². The highest BCUT2D eigenvalue weighted by Gasteiger charge is 2.28. The number of hydrogen-bond acceptors (Lipinski definition) is 6. The molecule has 214 valence electrons. The van der Waals surface area contributed by atoms with Crippen LogP contribution in [0.1, 0.15) is 28.3 Å². The molecular formula is C36H31N3O4. The van der Waals surface area contributed by atoms with Gasteiger partial charge in [-0.3, -0.25) is 4.79 Å². The number of carbonyl (C=O) groups is 1. The summed E-state index contributed by atoms with van der Waals surface area (Å²) in [5.74, 6) is 1.94. The molecule has 5 rings (SSSR count). The molecule has 1 amide bonds. The van der Waals surface area contributed by atoms with Crippen molar-refractivity contribution in [2.24, 2.45) is 5.73 Å². The average Bonchev–Trinajstić information content (AvgIpc) is 3.05. The average molecular weight is 570 g/mol. The molecule has 7 nitrogen and oxygen atoms in total. The molecule has 0 bridgehead atoms. The normalized spacial score (nSPS) is 11.2. The van der Waals surface area contributed by atoms with Crippen molar-refractivity contribution in [1.82, 2.24) is 0 Å². The predicted molar refractivity (Wildman–Crippen MR) is 166 cm³/mol. The fourth-order valence-electron chi connectivity index (χ4n) is 4.79. The van der Waals surface area contributed by atoms with Gasteiger partial charge in [0.1, 0.15) is 24.1 Å². The van der Waals surface area contributed by atoms with Gasteiger partial charge in [0.05, 0.1) is 18.7 Å². The quantitative estimate of drug-likeness (QED) is 0.171. The van der Waals surface area contributed by atoms with Crippen molar-refractivity contribution in [3.05, 3.63) is 150 Å². The fraction of sp³-hybridized carbons (Fsp3) is 0.111. The maximum Gasteiger partial charge on any atom is 0.244 e. The van der Waals surface area contributed by atoms with Crippen LogP contribution in [0.15, 0.2) is 127 Å². The molecule has 2 N–H and O–H groups in total. The molecule has 0 aliphatic heterocycles. The molecule has 0 aromatic heterocycles. The Morgan fingerprint density at radius 3 is 2.14 bits per heavy atom. The van der Waals surface area contributed by atoms with Crippen molar-refractivity contribution in [2.75, 3.05) is 12.0 Å². The largest absolute Gasteiger partial charge is 0.493 e. The summed E-state index contributed by atoms with van der Waals surface area (Å²) in [4.78, 5) is 15.0. The van der Waals surface area contributed by atoms with Gasteiger partial charge in [-0.2, -0.15) is 5.26 Å². The van der Waals surface area contributed by atoms with Crippen LogP contribution in [0, 0.1) is 11.3 Å². The van der Waals surface area contributed by atoms with Crippen LogP contribution in [0.3, 0.4) is 0 Å². The Kier molecular flexibility index (Phi) is 9.20. The second-order valence-corrected chi connectivity index (χ2v) is 9.84. The van der Waals surface area contributed by atoms with E-state index >= 15 is 0 Å². The summed E-state index contributed by atoms with van der Waals surface area (Å²) in [6.07, 6.45) is 0. The minimum atomic E-state index is -0.817. The molecular weight excluding hydrogens is 538 g/mol. The number of anilines is 1. The number of para-hydroxylation sites is 1. The van der Waals surface area contributed by atoms with E-state index in [4.69, 9.17) is 19.9 Å². The second kappa shape index (κ2) is 13.7. The van der Waals surface area contributed by atoms with Gasteiger partial charge in [-0.25, -0.2) is 0 Å². The van der Waals surface area contributed by atoms with Crippen LogP contribution in [0.4, 0.5) is 5.69 Å². The lowest BCUT2D eigenvalue weighted by molar-refractivity contribution is -0.119. The molecule has 43 heavy (non-hydrogen) atoms. The number of methoxy groups -OCH3 is 1. The van der Waals surface area contributed by atoms with E-state index in [0.29, 0.717) is 34.9 Å². The Balaban J connectivity index is 1.39. The lowest BCUT2D eigenvalue weighted by Gasteiger charge is -2.32. The van der Waals surface area contributed by atoms with Crippen LogP contribution in [0.2, 0.25) is 0 Å². The third-order valence-corrected chi connectivity index (χ3v) is 6.88. The maximum atomic E-state index is 13.0. The summed E-state index contributed by atoms with van der Waals surface area (Å²) in [5, 5.41) is 9.28. The molecule has 7 heteroatoms. The molecule has 0 aliphatic carbocycles. The van der Waals surface area contributed by atoms with Crippen molar-refractivity contribution in [1.29, 1.82) is 5.26 Å². The molecule has 0 saturated carbocycles. The lowest BCUT2D eigenvalue weighted by Crippen LogP contribution is -2.37. The zero-order valence-corrected chi connectivity index (χ0v) is 23.7. The molecule has 5 aromatic carbocycles. The number of carbonyl (C=O) groups excluding carboxylic acids is 1. The SMILES string of the molecule is COc1cc(C(C(N)=O)N(Cc2ccccc2)c2ccc(C#N)cc2)ccc1OCc1cccc(Oc2ccccc2)c1. The summed E-state index contributed by atoms with van der Waals surface area (Å²) in [6, 6.07) is 40.9. The molecule has 1 atom stereocenters. The lowest BCUT2D eigenvalue weighted by atomic mass is 10.0. The molecule has 0 heterocycles. The smallest absolute Gasteiger partial charge is 0.244 e. The zero-order chi connectivity index (χ0) is 30.0. The van der Waals surface area contributed by atoms with Gasteiger partial charge in [0.15, 0.2) is 11.5 Å². The van der Waals surface area contributed by atoms with Crippen LogP contribution in [-0.4, -0.2) is 13.0 Å². The minimum absolute atomic E-state index is 0.284. The number of nitriles is 1. The van der Waals surface area contributed by atoms with E-state index in [1.54, 1.807) is 31.4 Å². The van der Waals surface area contributed by atoms with Gasteiger partial charge < -0.3 is 24.8 Å². The molecule has 1 unspecified atom stereocenters. The maximum absolute atomic E-state index is 13.0. The molecule has 0 saturated heterocycles. The second-order valence-electron chi connectivity index (χ2n) is 9.84. The van der Waals surface area contributed by atoms with Gasteiger partial charge in [0.25, 0.3) is 0 Å². The summed E-state index contributed by atoms with van der Waals surface area (Å²) in [5.41, 5.74) is 9.89. The topological polar surface area (TPSA) is 97.8 Å². The minimum Gasteiger partial charge on any atom is -0.493 e. The van der Waals surface area contributed by atoms with E-state index < -0.39 is 11.9 Å². The first-order valence-corrected chi connectivity index (χ1v) is 13.8. The third-order valence-electron chi connectivity index (χ3n) is 6.88. The molecule has 0 spiro atoms. The third kappa shape index (κ3) is 7.32. The number of benzene rings is 5. The predicted octanol–water partition coefficient (Wildman–Crippen LogP) is 7.17. The van der Waals surface area contributed by atoms with Crippen molar-refractivity contribution < 1.29 is 19.0 Å². The highest BCUT2D eigenvalue weighted by Crippen LogP contribution is 2.36. The molecule has 0 aliphatic rings. The van der Waals surface area contributed by atoms with Crippen LogP contribution in [0.5, 0.6) is 23.0 Å². The highest BCUT2D eigenvalue weighted by molar-refractivity contribution is 5.85. The highest BCUT2D eigenvalue weighted by atomic mass is 16.5. The Hall–Kier alpha value is -5.74. The monoisotopic (exact) mass is 569 g/mol. The zero-order valence-electron chi connectivity index (χ0n) is 23.7. The number of amides is 1. The number of rotatable bonds is 12.